The van der Waals surface area contributed by atoms with E-state index < -0.39 is 17.4 Å². The highest BCUT2D eigenvalue weighted by molar-refractivity contribution is 6.31. The molecular weight excluding hydrogens is 595 g/mol. The van der Waals surface area contributed by atoms with Crippen LogP contribution in [0, 0.1) is 0 Å². The van der Waals surface area contributed by atoms with E-state index in [0.29, 0.717) is 44.9 Å². The summed E-state index contributed by atoms with van der Waals surface area (Å²) < 4.78 is 13.0. The van der Waals surface area contributed by atoms with E-state index in [2.05, 4.69) is 38.3 Å². The molecule has 3 atom stereocenters. The molecule has 2 saturated heterocycles. The summed E-state index contributed by atoms with van der Waals surface area (Å²) in [5.41, 5.74) is 0.751. The fraction of sp³-hybridized carbons (Fsp3) is 0.394. The van der Waals surface area contributed by atoms with E-state index >= 15 is 0 Å². The summed E-state index contributed by atoms with van der Waals surface area (Å²) in [6.07, 6.45) is 1.28. The molecule has 9 heteroatoms. The van der Waals surface area contributed by atoms with E-state index in [1.807, 2.05) is 30.3 Å². The molecule has 3 aromatic carbocycles. The van der Waals surface area contributed by atoms with Gasteiger partial charge in [-0.15, -0.1) is 0 Å². The minimum absolute atomic E-state index is 0.0887. The Hall–Kier alpha value is -2.77. The van der Waals surface area contributed by atoms with Crippen molar-refractivity contribution in [1.82, 2.24) is 5.32 Å². The zero-order valence-corrected chi connectivity index (χ0v) is 26.2. The summed E-state index contributed by atoms with van der Waals surface area (Å²) in [6.45, 7) is 8.24. The first kappa shape index (κ1) is 29.3. The molecule has 0 aromatic heterocycles. The molecule has 3 aliphatic heterocycles. The van der Waals surface area contributed by atoms with Gasteiger partial charge >= 0.3 is 0 Å². The Morgan fingerprint density at radius 3 is 2.24 bits per heavy atom. The number of amides is 2. The fourth-order valence-corrected chi connectivity index (χ4v) is 7.94. The fourth-order valence-electron chi connectivity index (χ4n) is 7.38. The third kappa shape index (κ3) is 5.17. The predicted molar refractivity (Wildman–Crippen MR) is 166 cm³/mol. The van der Waals surface area contributed by atoms with Crippen LogP contribution in [0.5, 0.6) is 5.75 Å². The largest absolute Gasteiger partial charge is 0.490 e. The van der Waals surface area contributed by atoms with Crippen LogP contribution < -0.4 is 15.4 Å². The number of hydrogen-bond acceptors (Lipinski definition) is 4. The highest BCUT2D eigenvalue weighted by Gasteiger charge is 2.61. The van der Waals surface area contributed by atoms with E-state index in [1.165, 1.54) is 0 Å². The third-order valence-electron chi connectivity index (χ3n) is 8.57. The molecule has 220 valence electrons. The van der Waals surface area contributed by atoms with Gasteiger partial charge in [0.25, 0.3) is 0 Å². The minimum Gasteiger partial charge on any atom is -0.490 e. The summed E-state index contributed by atoms with van der Waals surface area (Å²) in [5.74, 6) is -0.409. The number of hydrogen-bond donors (Lipinski definition) is 2. The normalized spacial score (nSPS) is 26.5. The zero-order chi connectivity index (χ0) is 30.0. The lowest BCUT2D eigenvalue weighted by Crippen LogP contribution is -2.57. The monoisotopic (exact) mass is 626 g/mol. The van der Waals surface area contributed by atoms with E-state index in [9.17, 15) is 9.59 Å². The van der Waals surface area contributed by atoms with Crippen molar-refractivity contribution in [1.29, 1.82) is 0 Å². The van der Waals surface area contributed by atoms with Crippen molar-refractivity contribution in [2.45, 2.75) is 81.6 Å². The van der Waals surface area contributed by atoms with Gasteiger partial charge in [-0.2, -0.15) is 0 Å². The summed E-state index contributed by atoms with van der Waals surface area (Å²) in [5, 5.41) is 7.73. The maximum absolute atomic E-state index is 14.4. The highest BCUT2D eigenvalue weighted by atomic mass is 35.5. The second-order valence-electron chi connectivity index (χ2n) is 12.8. The molecule has 2 N–H and O–H groups in total. The second-order valence-corrected chi connectivity index (χ2v) is 14.1. The molecule has 0 bridgehead atoms. The number of carbonyl (C=O) groups excluding carboxylic acids is 2. The highest BCUT2D eigenvalue weighted by Crippen LogP contribution is 2.59. The summed E-state index contributed by atoms with van der Waals surface area (Å²) in [4.78, 5) is 27.9. The van der Waals surface area contributed by atoms with Gasteiger partial charge in [-0.3, -0.25) is 9.59 Å². The van der Waals surface area contributed by atoms with Gasteiger partial charge in [0.05, 0.1) is 17.2 Å². The molecule has 3 aliphatic rings. The van der Waals surface area contributed by atoms with Gasteiger partial charge in [0, 0.05) is 51.5 Å². The maximum atomic E-state index is 14.4. The van der Waals surface area contributed by atoms with Gasteiger partial charge in [0.1, 0.15) is 17.3 Å². The number of benzene rings is 3. The van der Waals surface area contributed by atoms with Crippen LogP contribution >= 0.6 is 34.8 Å². The van der Waals surface area contributed by atoms with Gasteiger partial charge in [-0.05, 0) is 81.3 Å². The van der Waals surface area contributed by atoms with Crippen LogP contribution in [0.25, 0.3) is 0 Å². The Balaban J connectivity index is 1.54. The van der Waals surface area contributed by atoms with Gasteiger partial charge in [0.2, 0.25) is 11.8 Å². The number of anilines is 1. The van der Waals surface area contributed by atoms with Crippen LogP contribution in [0.15, 0.2) is 60.7 Å². The number of carbonyl (C=O) groups is 2. The second kappa shape index (κ2) is 10.4. The SMILES string of the molecule is CC1(C)CC(Oc2ccc(Cl)cc2[C@H]2NC(=O)C[C@@H](c3cccc(Cl)c3)[C@]23C(=O)Nc2cc(Cl)ccc23)CC(C)(C)O1. The van der Waals surface area contributed by atoms with Gasteiger partial charge < -0.3 is 20.1 Å². The zero-order valence-electron chi connectivity index (χ0n) is 23.9. The number of ether oxygens (including phenoxy) is 2. The van der Waals surface area contributed by atoms with Crippen molar-refractivity contribution in [2.75, 3.05) is 5.32 Å². The first-order chi connectivity index (χ1) is 19.8. The lowest BCUT2D eigenvalue weighted by Gasteiger charge is -2.47. The smallest absolute Gasteiger partial charge is 0.238 e. The molecule has 3 aromatic rings. The number of rotatable bonds is 4. The number of fused-ring (bicyclic) bond motifs is 2. The van der Waals surface area contributed by atoms with Crippen LogP contribution in [0.1, 0.15) is 75.6 Å². The molecule has 6 nitrogen and oxygen atoms in total. The molecular formula is C33H33Cl3N2O4. The van der Waals surface area contributed by atoms with E-state index in [1.54, 1.807) is 30.3 Å². The lowest BCUT2D eigenvalue weighted by atomic mass is 9.59. The van der Waals surface area contributed by atoms with E-state index in [0.717, 1.165) is 11.1 Å². The van der Waals surface area contributed by atoms with Crippen molar-refractivity contribution in [3.8, 4) is 5.75 Å². The van der Waals surface area contributed by atoms with Crippen LogP contribution in [-0.4, -0.2) is 29.1 Å². The lowest BCUT2D eigenvalue weighted by molar-refractivity contribution is -0.182. The molecule has 2 fully saturated rings. The third-order valence-corrected chi connectivity index (χ3v) is 9.27. The Morgan fingerprint density at radius 1 is 0.857 bits per heavy atom. The standard InChI is InChI=1S/C33H33Cl3N2O4/c1-31(2)16-22(17-32(3,4)42-31)41-27-11-9-20(35)13-23(27)29-33(24-10-8-21(36)14-26(24)37-30(33)40)25(15-28(39)38-29)18-6-5-7-19(34)12-18/h5-14,22,25,29H,15-17H2,1-4H3,(H,37,40)(H,38,39)/t25-,29+,33-/m0/s1. The Morgan fingerprint density at radius 2 is 1.52 bits per heavy atom. The molecule has 2 amide bonds. The van der Waals surface area contributed by atoms with Crippen LogP contribution in [0.4, 0.5) is 5.69 Å². The number of nitrogens with one attached hydrogen (secondary N) is 2. The number of halogens is 3. The van der Waals surface area contributed by atoms with E-state index in [4.69, 9.17) is 44.3 Å². The molecule has 1 spiro atoms. The maximum Gasteiger partial charge on any atom is 0.238 e. The van der Waals surface area contributed by atoms with Gasteiger partial charge in [0.15, 0.2) is 0 Å². The van der Waals surface area contributed by atoms with Gasteiger partial charge in [-0.25, -0.2) is 0 Å². The van der Waals surface area contributed by atoms with Crippen molar-refractivity contribution < 1.29 is 19.1 Å². The Labute approximate surface area is 261 Å². The van der Waals surface area contributed by atoms with Crippen LogP contribution in [0.2, 0.25) is 15.1 Å². The summed E-state index contributed by atoms with van der Waals surface area (Å²) >= 11 is 19.4. The Kier molecular flexibility index (Phi) is 7.29. The first-order valence-electron chi connectivity index (χ1n) is 14.1. The van der Waals surface area contributed by atoms with Crippen LogP contribution in [-0.2, 0) is 19.7 Å². The van der Waals surface area contributed by atoms with Crippen molar-refractivity contribution in [3.05, 3.63) is 92.4 Å². The van der Waals surface area contributed by atoms with Crippen molar-refractivity contribution >= 4 is 52.3 Å². The molecule has 3 heterocycles. The molecule has 0 unspecified atom stereocenters. The van der Waals surface area contributed by atoms with Crippen molar-refractivity contribution in [2.24, 2.45) is 0 Å². The molecule has 0 saturated carbocycles. The van der Waals surface area contributed by atoms with Crippen LogP contribution in [0.3, 0.4) is 0 Å². The Bertz CT molecular complexity index is 1570. The van der Waals surface area contributed by atoms with Gasteiger partial charge in [-0.1, -0.05) is 53.0 Å². The van der Waals surface area contributed by atoms with E-state index in [-0.39, 0.29) is 35.5 Å². The average molecular weight is 628 g/mol. The number of piperidine rings is 1. The topological polar surface area (TPSA) is 76.7 Å². The average Bonchev–Trinajstić information content (AvgIpc) is 3.15. The molecule has 6 rings (SSSR count). The first-order valence-corrected chi connectivity index (χ1v) is 15.2. The predicted octanol–water partition coefficient (Wildman–Crippen LogP) is 8.00. The minimum atomic E-state index is -1.24. The molecule has 0 radical (unpaired) electrons. The summed E-state index contributed by atoms with van der Waals surface area (Å²) in [6, 6.07) is 17.3. The summed E-state index contributed by atoms with van der Waals surface area (Å²) in [7, 11) is 0. The van der Waals surface area contributed by atoms with Crippen molar-refractivity contribution in [3.63, 3.8) is 0 Å². The molecule has 0 aliphatic carbocycles. The quantitative estimate of drug-likeness (QED) is 0.307. The molecule has 42 heavy (non-hydrogen) atoms.